The Morgan fingerprint density at radius 1 is 0.962 bits per heavy atom. The molecule has 0 saturated heterocycles. The molecule has 0 aromatic heterocycles. The third kappa shape index (κ3) is 4.86. The van der Waals surface area contributed by atoms with Gasteiger partial charge in [-0.05, 0) is 11.1 Å². The molecule has 6 nitrogen and oxygen atoms in total. The SMILES string of the molecule is NCC(C(=O)OCC(=O)C(O)CO)=C(c1ccccc1)c1ccccc1. The van der Waals surface area contributed by atoms with E-state index in [2.05, 4.69) is 0 Å². The van der Waals surface area contributed by atoms with Crippen LogP contribution in [0.25, 0.3) is 5.57 Å². The summed E-state index contributed by atoms with van der Waals surface area (Å²) in [4.78, 5) is 24.1. The summed E-state index contributed by atoms with van der Waals surface area (Å²) in [6.07, 6.45) is -1.57. The lowest BCUT2D eigenvalue weighted by atomic mass is 9.93. The van der Waals surface area contributed by atoms with Crippen LogP contribution in [0.15, 0.2) is 66.2 Å². The lowest BCUT2D eigenvalue weighted by molar-refractivity contribution is -0.147. The molecule has 0 saturated carbocycles. The lowest BCUT2D eigenvalue weighted by Gasteiger charge is -2.15. The summed E-state index contributed by atoms with van der Waals surface area (Å²) >= 11 is 0. The molecule has 136 valence electrons. The number of nitrogens with two attached hydrogens (primary N) is 1. The third-order valence-electron chi connectivity index (χ3n) is 3.77. The fourth-order valence-electron chi connectivity index (χ4n) is 2.43. The van der Waals surface area contributed by atoms with Crippen molar-refractivity contribution in [1.29, 1.82) is 0 Å². The number of aliphatic hydroxyl groups is 2. The van der Waals surface area contributed by atoms with Gasteiger partial charge in [0.25, 0.3) is 0 Å². The molecular formula is C20H21NO5. The van der Waals surface area contributed by atoms with Gasteiger partial charge < -0.3 is 20.7 Å². The van der Waals surface area contributed by atoms with Gasteiger partial charge in [0, 0.05) is 12.1 Å². The average molecular weight is 355 g/mol. The van der Waals surface area contributed by atoms with E-state index in [4.69, 9.17) is 15.6 Å². The Kier molecular flexibility index (Phi) is 7.23. The molecule has 26 heavy (non-hydrogen) atoms. The summed E-state index contributed by atoms with van der Waals surface area (Å²) in [5.74, 6) is -1.52. The van der Waals surface area contributed by atoms with Crippen LogP contribution in [-0.2, 0) is 14.3 Å². The number of ether oxygens (including phenoxy) is 1. The van der Waals surface area contributed by atoms with E-state index in [1.54, 1.807) is 0 Å². The Labute approximate surface area is 151 Å². The fraction of sp³-hybridized carbons (Fsp3) is 0.200. The number of aliphatic hydroxyl groups excluding tert-OH is 2. The Morgan fingerprint density at radius 3 is 1.88 bits per heavy atom. The van der Waals surface area contributed by atoms with E-state index in [0.29, 0.717) is 5.57 Å². The van der Waals surface area contributed by atoms with Crippen LogP contribution in [0.1, 0.15) is 11.1 Å². The van der Waals surface area contributed by atoms with Gasteiger partial charge in [-0.15, -0.1) is 0 Å². The van der Waals surface area contributed by atoms with Gasteiger partial charge >= 0.3 is 5.97 Å². The summed E-state index contributed by atoms with van der Waals surface area (Å²) in [5, 5.41) is 18.0. The van der Waals surface area contributed by atoms with Crippen molar-refractivity contribution in [2.45, 2.75) is 6.10 Å². The van der Waals surface area contributed by atoms with Crippen molar-refractivity contribution in [3.8, 4) is 0 Å². The summed E-state index contributed by atoms with van der Waals surface area (Å²) < 4.78 is 5.01. The maximum atomic E-state index is 12.5. The summed E-state index contributed by atoms with van der Waals surface area (Å²) in [6.45, 7) is -1.45. The summed E-state index contributed by atoms with van der Waals surface area (Å²) in [6, 6.07) is 18.5. The molecule has 2 rings (SSSR count). The van der Waals surface area contributed by atoms with Crippen molar-refractivity contribution in [3.63, 3.8) is 0 Å². The molecule has 0 bridgehead atoms. The van der Waals surface area contributed by atoms with Gasteiger partial charge in [-0.1, -0.05) is 60.7 Å². The molecule has 0 fully saturated rings. The minimum atomic E-state index is -1.57. The van der Waals surface area contributed by atoms with E-state index in [1.165, 1.54) is 0 Å². The molecule has 0 spiro atoms. The third-order valence-corrected chi connectivity index (χ3v) is 3.77. The number of hydrogen-bond acceptors (Lipinski definition) is 6. The van der Waals surface area contributed by atoms with Crippen LogP contribution in [0.2, 0.25) is 0 Å². The molecule has 0 aliphatic heterocycles. The fourth-order valence-corrected chi connectivity index (χ4v) is 2.43. The number of carbonyl (C=O) groups is 2. The first-order valence-corrected chi connectivity index (χ1v) is 8.11. The van der Waals surface area contributed by atoms with Gasteiger partial charge in [0.1, 0.15) is 6.10 Å². The summed E-state index contributed by atoms with van der Waals surface area (Å²) in [7, 11) is 0. The number of carbonyl (C=O) groups excluding carboxylic acids is 2. The smallest absolute Gasteiger partial charge is 0.336 e. The van der Waals surface area contributed by atoms with Gasteiger partial charge in [0.05, 0.1) is 12.2 Å². The Balaban J connectivity index is 2.39. The van der Waals surface area contributed by atoms with Crippen molar-refractivity contribution in [2.24, 2.45) is 5.73 Å². The van der Waals surface area contributed by atoms with E-state index in [1.807, 2.05) is 60.7 Å². The Hall–Kier alpha value is -2.80. The van der Waals surface area contributed by atoms with E-state index in [-0.39, 0.29) is 12.1 Å². The number of hydrogen-bond donors (Lipinski definition) is 3. The molecule has 0 amide bonds. The maximum absolute atomic E-state index is 12.5. The molecule has 0 aliphatic rings. The molecule has 6 heteroatoms. The van der Waals surface area contributed by atoms with Gasteiger partial charge in [0.2, 0.25) is 5.78 Å². The normalized spacial score (nSPS) is 11.5. The first kappa shape index (κ1) is 19.5. The van der Waals surface area contributed by atoms with Crippen LogP contribution in [0.3, 0.4) is 0 Å². The number of benzene rings is 2. The molecule has 4 N–H and O–H groups in total. The van der Waals surface area contributed by atoms with E-state index >= 15 is 0 Å². The highest BCUT2D eigenvalue weighted by molar-refractivity contribution is 6.03. The van der Waals surface area contributed by atoms with Crippen LogP contribution in [0.4, 0.5) is 0 Å². The van der Waals surface area contributed by atoms with Gasteiger partial charge in [-0.25, -0.2) is 4.79 Å². The average Bonchev–Trinajstić information content (AvgIpc) is 2.70. The predicted molar refractivity (Wildman–Crippen MR) is 97.0 cm³/mol. The standard InChI is InChI=1S/C20H21NO5/c21-11-16(20(25)26-13-18(24)17(23)12-22)19(14-7-3-1-4-8-14)15-9-5-2-6-10-15/h1-10,17,22-23H,11-13,21H2. The summed E-state index contributed by atoms with van der Waals surface area (Å²) in [5.41, 5.74) is 8.22. The number of Topliss-reactive ketones (excluding diaryl/α,β-unsaturated/α-hetero) is 1. The zero-order valence-corrected chi connectivity index (χ0v) is 14.2. The van der Waals surface area contributed by atoms with Gasteiger partial charge in [0.15, 0.2) is 6.61 Å². The van der Waals surface area contributed by atoms with E-state index < -0.39 is 31.1 Å². The molecule has 0 aliphatic carbocycles. The first-order chi connectivity index (χ1) is 12.6. The van der Waals surface area contributed by atoms with Gasteiger partial charge in [-0.2, -0.15) is 0 Å². The minimum Gasteiger partial charge on any atom is -0.454 e. The van der Waals surface area contributed by atoms with Crippen molar-refractivity contribution in [2.75, 3.05) is 19.8 Å². The molecule has 2 aromatic carbocycles. The quantitative estimate of drug-likeness (QED) is 0.480. The Morgan fingerprint density at radius 2 is 1.46 bits per heavy atom. The molecule has 0 radical (unpaired) electrons. The molecule has 2 aromatic rings. The number of rotatable bonds is 8. The lowest BCUT2D eigenvalue weighted by Crippen LogP contribution is -2.30. The zero-order chi connectivity index (χ0) is 18.9. The van der Waals surface area contributed by atoms with Crippen LogP contribution in [-0.4, -0.2) is 47.8 Å². The van der Waals surface area contributed by atoms with Crippen molar-refractivity contribution >= 4 is 17.3 Å². The highest BCUT2D eigenvalue weighted by atomic mass is 16.5. The van der Waals surface area contributed by atoms with Crippen LogP contribution >= 0.6 is 0 Å². The van der Waals surface area contributed by atoms with Crippen LogP contribution in [0, 0.1) is 0 Å². The monoisotopic (exact) mass is 355 g/mol. The van der Waals surface area contributed by atoms with Crippen LogP contribution in [0.5, 0.6) is 0 Å². The van der Waals surface area contributed by atoms with Crippen LogP contribution < -0.4 is 5.73 Å². The first-order valence-electron chi connectivity index (χ1n) is 8.11. The Bertz CT molecular complexity index is 730. The minimum absolute atomic E-state index is 0.0886. The van der Waals surface area contributed by atoms with E-state index in [0.717, 1.165) is 11.1 Å². The topological polar surface area (TPSA) is 110 Å². The van der Waals surface area contributed by atoms with Crippen molar-refractivity contribution < 1.29 is 24.5 Å². The van der Waals surface area contributed by atoms with E-state index in [9.17, 15) is 14.7 Å². The largest absolute Gasteiger partial charge is 0.454 e. The molecule has 0 heterocycles. The predicted octanol–water partition coefficient (Wildman–Crippen LogP) is 0.913. The second-order valence-electron chi connectivity index (χ2n) is 5.53. The second kappa shape index (κ2) is 9.62. The van der Waals surface area contributed by atoms with Crippen molar-refractivity contribution in [1.82, 2.24) is 0 Å². The highest BCUT2D eigenvalue weighted by Gasteiger charge is 2.21. The number of esters is 1. The molecule has 1 unspecified atom stereocenters. The molecule has 1 atom stereocenters. The maximum Gasteiger partial charge on any atom is 0.336 e. The van der Waals surface area contributed by atoms with Gasteiger partial charge in [-0.3, -0.25) is 4.79 Å². The molecular weight excluding hydrogens is 334 g/mol. The number of ketones is 1. The van der Waals surface area contributed by atoms with Crippen molar-refractivity contribution in [3.05, 3.63) is 77.4 Å². The second-order valence-corrected chi connectivity index (χ2v) is 5.53. The highest BCUT2D eigenvalue weighted by Crippen LogP contribution is 2.27. The zero-order valence-electron chi connectivity index (χ0n) is 14.2.